The van der Waals surface area contributed by atoms with E-state index in [9.17, 15) is 14.3 Å². The molecule has 94 valence electrons. The number of hydrogen-bond donors (Lipinski definition) is 2. The Labute approximate surface area is 102 Å². The first-order chi connectivity index (χ1) is 8.49. The van der Waals surface area contributed by atoms with Crippen LogP contribution in [0.15, 0.2) is 30.5 Å². The molecule has 1 aromatic heterocycles. The van der Waals surface area contributed by atoms with E-state index in [0.717, 1.165) is 0 Å². The molecule has 1 unspecified atom stereocenters. The van der Waals surface area contributed by atoms with E-state index in [0.29, 0.717) is 11.1 Å². The molecule has 0 aliphatic heterocycles. The summed E-state index contributed by atoms with van der Waals surface area (Å²) in [5.41, 5.74) is 1.10. The lowest BCUT2D eigenvalue weighted by Gasteiger charge is -2.05. The number of nitrogens with zero attached hydrogens (tertiary/aromatic N) is 2. The van der Waals surface area contributed by atoms with Gasteiger partial charge in [-0.15, -0.1) is 0 Å². The van der Waals surface area contributed by atoms with Crippen molar-refractivity contribution in [3.8, 4) is 11.1 Å². The molecular formula is C12H11FN2O3. The van der Waals surface area contributed by atoms with Crippen LogP contribution in [0.2, 0.25) is 0 Å². The highest BCUT2D eigenvalue weighted by molar-refractivity contribution is 5.78. The van der Waals surface area contributed by atoms with Crippen molar-refractivity contribution in [2.45, 2.75) is 6.10 Å². The van der Waals surface area contributed by atoms with Crippen LogP contribution in [0.3, 0.4) is 0 Å². The average Bonchev–Trinajstić information content (AvgIpc) is 2.71. The summed E-state index contributed by atoms with van der Waals surface area (Å²) >= 11 is 0. The predicted octanol–water partition coefficient (Wildman–Crippen LogP) is 1.34. The smallest absolute Gasteiger partial charge is 0.338 e. The fourth-order valence-electron chi connectivity index (χ4n) is 1.68. The minimum Gasteiger partial charge on any atom is -0.479 e. The summed E-state index contributed by atoms with van der Waals surface area (Å²) < 4.78 is 14.2. The number of aliphatic hydroxyl groups is 1. The molecule has 2 N–H and O–H groups in total. The van der Waals surface area contributed by atoms with E-state index >= 15 is 0 Å². The fourth-order valence-corrected chi connectivity index (χ4v) is 1.68. The van der Waals surface area contributed by atoms with Gasteiger partial charge in [-0.25, -0.2) is 9.18 Å². The lowest BCUT2D eigenvalue weighted by atomic mass is 10.0. The summed E-state index contributed by atoms with van der Waals surface area (Å²) in [5.74, 6) is -1.76. The fraction of sp³-hybridized carbons (Fsp3) is 0.167. The highest BCUT2D eigenvalue weighted by Gasteiger charge is 2.23. The maximum absolute atomic E-state index is 12.8. The van der Waals surface area contributed by atoms with E-state index in [4.69, 9.17) is 5.11 Å². The quantitative estimate of drug-likeness (QED) is 0.862. The minimum absolute atomic E-state index is 0.0385. The van der Waals surface area contributed by atoms with Crippen LogP contribution in [0.4, 0.5) is 4.39 Å². The van der Waals surface area contributed by atoms with Crippen LogP contribution in [0.5, 0.6) is 0 Å². The molecular weight excluding hydrogens is 239 g/mol. The molecule has 0 saturated carbocycles. The zero-order valence-electron chi connectivity index (χ0n) is 9.54. The molecule has 0 amide bonds. The Morgan fingerprint density at radius 3 is 2.56 bits per heavy atom. The van der Waals surface area contributed by atoms with Crippen molar-refractivity contribution in [1.29, 1.82) is 0 Å². The standard InChI is InChI=1S/C12H11FN2O3/c1-15-6-9(7-2-4-8(13)5-3-7)10(14-15)11(16)12(17)18/h2-6,11,16H,1H3,(H,17,18). The van der Waals surface area contributed by atoms with Crippen molar-refractivity contribution in [1.82, 2.24) is 9.78 Å². The number of hydrogen-bond acceptors (Lipinski definition) is 3. The summed E-state index contributed by atoms with van der Waals surface area (Å²) in [6.45, 7) is 0. The van der Waals surface area contributed by atoms with Crippen LogP contribution in [-0.2, 0) is 11.8 Å². The number of halogens is 1. The van der Waals surface area contributed by atoms with Gasteiger partial charge in [0.15, 0.2) is 6.10 Å². The molecule has 0 fully saturated rings. The van der Waals surface area contributed by atoms with E-state index in [1.54, 1.807) is 13.2 Å². The Bertz CT molecular complexity index is 578. The number of carboxylic acids is 1. The largest absolute Gasteiger partial charge is 0.479 e. The van der Waals surface area contributed by atoms with Gasteiger partial charge in [0.1, 0.15) is 11.5 Å². The zero-order chi connectivity index (χ0) is 13.3. The van der Waals surface area contributed by atoms with Crippen LogP contribution >= 0.6 is 0 Å². The Balaban J connectivity index is 2.50. The first-order valence-electron chi connectivity index (χ1n) is 5.19. The van der Waals surface area contributed by atoms with Crippen LogP contribution in [0.25, 0.3) is 11.1 Å². The van der Waals surface area contributed by atoms with Crippen LogP contribution in [0, 0.1) is 5.82 Å². The van der Waals surface area contributed by atoms with Gasteiger partial charge in [-0.1, -0.05) is 12.1 Å². The van der Waals surface area contributed by atoms with Gasteiger partial charge in [-0.2, -0.15) is 5.10 Å². The molecule has 2 aromatic rings. The molecule has 18 heavy (non-hydrogen) atoms. The zero-order valence-corrected chi connectivity index (χ0v) is 9.54. The third-order valence-electron chi connectivity index (χ3n) is 2.51. The lowest BCUT2D eigenvalue weighted by molar-refractivity contribution is -0.147. The minimum atomic E-state index is -1.70. The predicted molar refractivity (Wildman–Crippen MR) is 61.2 cm³/mol. The van der Waals surface area contributed by atoms with Gasteiger partial charge < -0.3 is 10.2 Å². The number of carboxylic acid groups (broad SMARTS) is 1. The number of aromatic nitrogens is 2. The second kappa shape index (κ2) is 4.58. The van der Waals surface area contributed by atoms with Gasteiger partial charge in [0.05, 0.1) is 0 Å². The van der Waals surface area contributed by atoms with E-state index in [2.05, 4.69) is 5.10 Å². The lowest BCUT2D eigenvalue weighted by Crippen LogP contribution is -2.12. The topological polar surface area (TPSA) is 75.4 Å². The Hall–Kier alpha value is -2.21. The first kappa shape index (κ1) is 12.3. The number of aryl methyl sites for hydroxylation is 1. The average molecular weight is 250 g/mol. The summed E-state index contributed by atoms with van der Waals surface area (Å²) in [7, 11) is 1.62. The summed E-state index contributed by atoms with van der Waals surface area (Å²) in [4.78, 5) is 10.8. The van der Waals surface area contributed by atoms with Crippen LogP contribution in [0.1, 0.15) is 11.8 Å². The van der Waals surface area contributed by atoms with Gasteiger partial charge in [-0.3, -0.25) is 4.68 Å². The summed E-state index contributed by atoms with van der Waals surface area (Å²) in [6, 6.07) is 5.54. The van der Waals surface area contributed by atoms with Gasteiger partial charge in [0.25, 0.3) is 0 Å². The Kier molecular flexibility index (Phi) is 3.12. The normalized spacial score (nSPS) is 12.4. The summed E-state index contributed by atoms with van der Waals surface area (Å²) in [6.07, 6.45) is -0.124. The van der Waals surface area contributed by atoms with Crippen molar-refractivity contribution in [2.24, 2.45) is 7.05 Å². The second-order valence-corrected chi connectivity index (χ2v) is 3.85. The van der Waals surface area contributed by atoms with E-state index in [1.807, 2.05) is 0 Å². The molecule has 0 radical (unpaired) electrons. The summed E-state index contributed by atoms with van der Waals surface area (Å²) in [5, 5.41) is 22.3. The van der Waals surface area contributed by atoms with Crippen molar-refractivity contribution in [2.75, 3.05) is 0 Å². The molecule has 5 nitrogen and oxygen atoms in total. The van der Waals surface area contributed by atoms with Crippen molar-refractivity contribution in [3.63, 3.8) is 0 Å². The third-order valence-corrected chi connectivity index (χ3v) is 2.51. The molecule has 0 aliphatic rings. The molecule has 2 rings (SSSR count). The van der Waals surface area contributed by atoms with Crippen molar-refractivity contribution < 1.29 is 19.4 Å². The molecule has 0 aliphatic carbocycles. The van der Waals surface area contributed by atoms with Gasteiger partial charge >= 0.3 is 5.97 Å². The molecule has 0 spiro atoms. The third kappa shape index (κ3) is 2.23. The van der Waals surface area contributed by atoms with E-state index < -0.39 is 12.1 Å². The first-order valence-corrected chi connectivity index (χ1v) is 5.19. The molecule has 1 atom stereocenters. The van der Waals surface area contributed by atoms with Crippen LogP contribution < -0.4 is 0 Å². The van der Waals surface area contributed by atoms with Gasteiger partial charge in [0, 0.05) is 18.8 Å². The number of rotatable bonds is 3. The van der Waals surface area contributed by atoms with Crippen LogP contribution in [-0.4, -0.2) is 26.0 Å². The molecule has 0 bridgehead atoms. The van der Waals surface area contributed by atoms with Gasteiger partial charge in [0.2, 0.25) is 0 Å². The maximum atomic E-state index is 12.8. The van der Waals surface area contributed by atoms with E-state index in [1.165, 1.54) is 28.9 Å². The maximum Gasteiger partial charge on any atom is 0.338 e. The number of benzene rings is 1. The van der Waals surface area contributed by atoms with Crippen molar-refractivity contribution >= 4 is 5.97 Å². The second-order valence-electron chi connectivity index (χ2n) is 3.85. The highest BCUT2D eigenvalue weighted by Crippen LogP contribution is 2.27. The number of aliphatic carboxylic acids is 1. The molecule has 1 heterocycles. The molecule has 1 aromatic carbocycles. The number of carbonyl (C=O) groups is 1. The highest BCUT2D eigenvalue weighted by atomic mass is 19.1. The van der Waals surface area contributed by atoms with Crippen molar-refractivity contribution in [3.05, 3.63) is 42.0 Å². The monoisotopic (exact) mass is 250 g/mol. The van der Waals surface area contributed by atoms with E-state index in [-0.39, 0.29) is 11.5 Å². The SMILES string of the molecule is Cn1cc(-c2ccc(F)cc2)c(C(O)C(=O)O)n1. The molecule has 6 heteroatoms. The van der Waals surface area contributed by atoms with Gasteiger partial charge in [-0.05, 0) is 17.7 Å². The Morgan fingerprint density at radius 2 is 2.00 bits per heavy atom. The Morgan fingerprint density at radius 1 is 1.39 bits per heavy atom. The molecule has 0 saturated heterocycles. The number of aliphatic hydroxyl groups excluding tert-OH is 1.